The van der Waals surface area contributed by atoms with Gasteiger partial charge in [-0.3, -0.25) is 9.59 Å². The summed E-state index contributed by atoms with van der Waals surface area (Å²) in [6, 6.07) is 3.41. The molecule has 40 heavy (non-hydrogen) atoms. The molecule has 5 rings (SSSR count). The summed E-state index contributed by atoms with van der Waals surface area (Å²) in [5, 5.41) is 21.4. The number of carbonyl (C=O) groups is 5. The summed E-state index contributed by atoms with van der Waals surface area (Å²) in [5.74, 6) is -2.48. The summed E-state index contributed by atoms with van der Waals surface area (Å²) in [7, 11) is 0. The molecular weight excluding hydrogens is 575 g/mol. The number of carbonyl (C=O) groups excluding carboxylic acids is 5. The Morgan fingerprint density at radius 1 is 1.20 bits per heavy atom. The molecule has 6 amide bonds. The van der Waals surface area contributed by atoms with Crippen LogP contribution in [0.4, 0.5) is 9.59 Å². The van der Waals surface area contributed by atoms with Crippen LogP contribution in [0.5, 0.6) is 0 Å². The zero-order chi connectivity index (χ0) is 28.1. The summed E-state index contributed by atoms with van der Waals surface area (Å²) >= 11 is 7.07. The van der Waals surface area contributed by atoms with Crippen molar-refractivity contribution in [3.05, 3.63) is 48.0 Å². The van der Waals surface area contributed by atoms with Crippen molar-refractivity contribution in [2.24, 2.45) is 5.10 Å². The molecule has 0 saturated carbocycles. The Morgan fingerprint density at radius 2 is 1.90 bits per heavy atom. The van der Waals surface area contributed by atoms with E-state index >= 15 is 0 Å². The minimum atomic E-state index is -1.37. The van der Waals surface area contributed by atoms with Crippen molar-refractivity contribution < 1.29 is 63.4 Å². The minimum Gasteiger partial charge on any atom is -0.548 e. The van der Waals surface area contributed by atoms with Crippen molar-refractivity contribution in [3.8, 4) is 0 Å². The monoisotopic (exact) mass is 598 g/mol. The van der Waals surface area contributed by atoms with Crippen LogP contribution < -0.4 is 45.3 Å². The third-order valence-corrected chi connectivity index (χ3v) is 8.51. The van der Waals surface area contributed by atoms with Gasteiger partial charge in [0.05, 0.1) is 25.1 Å². The topological polar surface area (TPSA) is 164 Å². The Morgan fingerprint density at radius 3 is 2.52 bits per heavy atom. The fraction of sp³-hybridized carbons (Fsp3) is 0.417. The molecule has 0 radical (unpaired) electrons. The zero-order valence-electron chi connectivity index (χ0n) is 21.8. The maximum absolute atomic E-state index is 13.4. The first kappa shape index (κ1) is 30.2. The molecule has 2 N–H and O–H groups in total. The number of fused-ring (bicyclic) bond motifs is 1. The third kappa shape index (κ3) is 5.55. The fourth-order valence-corrected chi connectivity index (χ4v) is 6.63. The smallest absolute Gasteiger partial charge is 0.548 e. The predicted molar refractivity (Wildman–Crippen MR) is 137 cm³/mol. The van der Waals surface area contributed by atoms with Gasteiger partial charge in [-0.15, -0.1) is 16.9 Å². The SMILES string of the molecule is CC1(C)S[C@@H]2[C@H](NC(=O)C(NC(=O)N3CCN(N=C4C=CC(Cl)O4)C3=O)c3ccccc3)C(=O)N2[C@H]1C(=O)[O-].[Na+]. The number of hydrazone groups is 1. The Kier molecular flexibility index (Phi) is 8.76. The van der Waals surface area contributed by atoms with E-state index in [1.165, 1.54) is 22.7 Å². The molecule has 0 bridgehead atoms. The summed E-state index contributed by atoms with van der Waals surface area (Å²) < 4.78 is 4.40. The number of carboxylic acid groups (broad SMARTS) is 1. The van der Waals surface area contributed by atoms with Crippen LogP contribution in [0.15, 0.2) is 47.6 Å². The molecule has 206 valence electrons. The number of urea groups is 2. The van der Waals surface area contributed by atoms with Gasteiger partial charge in [-0.05, 0) is 25.5 Å². The molecule has 1 aromatic carbocycles. The molecule has 5 atom stereocenters. The van der Waals surface area contributed by atoms with Crippen molar-refractivity contribution in [1.29, 1.82) is 0 Å². The number of imide groups is 1. The quantitative estimate of drug-likeness (QED) is 0.198. The average Bonchev–Trinajstić information content (AvgIpc) is 3.55. The molecule has 0 spiro atoms. The van der Waals surface area contributed by atoms with Crippen molar-refractivity contribution >= 4 is 59.1 Å². The number of β-lactam (4-membered cyclic amide) rings is 1. The van der Waals surface area contributed by atoms with E-state index in [9.17, 15) is 29.1 Å². The normalized spacial score (nSPS) is 28.0. The number of aliphatic carboxylic acids is 1. The first-order valence-electron chi connectivity index (χ1n) is 12.0. The summed E-state index contributed by atoms with van der Waals surface area (Å²) in [4.78, 5) is 66.0. The number of benzene rings is 1. The van der Waals surface area contributed by atoms with Crippen molar-refractivity contribution in [2.75, 3.05) is 13.1 Å². The molecule has 2 unspecified atom stereocenters. The second kappa shape index (κ2) is 11.6. The van der Waals surface area contributed by atoms with Crippen LogP contribution in [0, 0.1) is 0 Å². The van der Waals surface area contributed by atoms with Crippen molar-refractivity contribution in [3.63, 3.8) is 0 Å². The van der Waals surface area contributed by atoms with Gasteiger partial charge in [-0.25, -0.2) is 19.5 Å². The summed E-state index contributed by atoms with van der Waals surface area (Å²) in [6.07, 6.45) is 3.05. The number of alkyl halides is 1. The number of carboxylic acids is 1. The van der Waals surface area contributed by atoms with Crippen LogP contribution in [0.1, 0.15) is 25.5 Å². The molecule has 16 heteroatoms. The third-order valence-electron chi connectivity index (χ3n) is 6.70. The number of hydrogen-bond acceptors (Lipinski definition) is 9. The summed E-state index contributed by atoms with van der Waals surface area (Å²) in [5.41, 5.74) is -0.276. The number of hydrogen-bond donors (Lipinski definition) is 2. The van der Waals surface area contributed by atoms with E-state index in [2.05, 4.69) is 15.7 Å². The number of nitrogens with zero attached hydrogens (tertiary/aromatic N) is 4. The Labute approximate surface area is 260 Å². The molecule has 13 nitrogen and oxygen atoms in total. The van der Waals surface area contributed by atoms with Gasteiger partial charge in [0.25, 0.3) is 0 Å². The number of nitrogens with one attached hydrogen (secondary N) is 2. The largest absolute Gasteiger partial charge is 1.00 e. The molecule has 0 aromatic heterocycles. The number of amides is 6. The van der Waals surface area contributed by atoms with E-state index in [0.717, 1.165) is 9.91 Å². The van der Waals surface area contributed by atoms with E-state index in [-0.39, 0.29) is 48.5 Å². The van der Waals surface area contributed by atoms with E-state index in [4.69, 9.17) is 16.3 Å². The minimum absolute atomic E-state index is 0. The average molecular weight is 599 g/mol. The second-order valence-electron chi connectivity index (χ2n) is 9.68. The van der Waals surface area contributed by atoms with Crippen LogP contribution in [-0.4, -0.2) is 91.4 Å². The van der Waals surface area contributed by atoms with Gasteiger partial charge in [0.2, 0.25) is 17.7 Å². The van der Waals surface area contributed by atoms with Crippen LogP contribution in [0.3, 0.4) is 0 Å². The molecule has 4 aliphatic rings. The zero-order valence-corrected chi connectivity index (χ0v) is 25.3. The van der Waals surface area contributed by atoms with Crippen LogP contribution in [-0.2, 0) is 19.1 Å². The van der Waals surface area contributed by atoms with E-state index in [1.54, 1.807) is 50.3 Å². The second-order valence-corrected chi connectivity index (χ2v) is 11.9. The van der Waals surface area contributed by atoms with Gasteiger partial charge >= 0.3 is 41.6 Å². The molecule has 0 aliphatic carbocycles. The number of ether oxygens (including phenoxy) is 1. The van der Waals surface area contributed by atoms with Crippen molar-refractivity contribution in [2.45, 2.75) is 47.7 Å². The molecule has 4 aliphatic heterocycles. The van der Waals surface area contributed by atoms with Gasteiger partial charge in [-0.1, -0.05) is 41.9 Å². The molecule has 4 heterocycles. The van der Waals surface area contributed by atoms with E-state index in [1.807, 2.05) is 0 Å². The standard InChI is InChI=1S/C24H25ClN6O7S.Na/c1-24(2)17(21(34)35)31-19(33)16(20(31)39-24)26-18(32)15(12-6-4-3-5-7-12)27-22(36)29-10-11-30(23(29)37)28-14-9-8-13(25)38-14;/h3-9,13,15-17,20H,10-11H2,1-2H3,(H,26,32)(H,27,36)(H,34,35);/q;+1/p-1/t13?,15?,16-,17+,20-;/m1./s1. The maximum Gasteiger partial charge on any atom is 1.00 e. The number of rotatable bonds is 6. The Hall–Kier alpha value is -2.78. The van der Waals surface area contributed by atoms with Gasteiger partial charge < -0.3 is 30.2 Å². The Bertz CT molecular complexity index is 1300. The first-order chi connectivity index (χ1) is 18.5. The number of thioether (sulfide) groups is 1. The molecule has 3 fully saturated rings. The summed E-state index contributed by atoms with van der Waals surface area (Å²) in [6.45, 7) is 3.50. The van der Waals surface area contributed by atoms with Gasteiger partial charge in [0.1, 0.15) is 17.5 Å². The molecular formula is C24H24ClN6NaO7S. The van der Waals surface area contributed by atoms with Crippen molar-refractivity contribution in [1.82, 2.24) is 25.4 Å². The molecule has 1 aromatic rings. The Balaban J connectivity index is 0.00000370. The first-order valence-corrected chi connectivity index (χ1v) is 13.3. The van der Waals surface area contributed by atoms with Gasteiger partial charge in [0, 0.05) is 10.8 Å². The fourth-order valence-electron chi connectivity index (χ4n) is 4.84. The van der Waals surface area contributed by atoms with Crippen LogP contribution in [0.2, 0.25) is 0 Å². The van der Waals surface area contributed by atoms with Crippen LogP contribution in [0.25, 0.3) is 0 Å². The molecule has 3 saturated heterocycles. The predicted octanol–water partition coefficient (Wildman–Crippen LogP) is -3.06. The maximum atomic E-state index is 13.4. The van der Waals surface area contributed by atoms with E-state index < -0.39 is 63.7 Å². The van der Waals surface area contributed by atoms with Gasteiger partial charge in [0.15, 0.2) is 5.56 Å². The van der Waals surface area contributed by atoms with Gasteiger partial charge in [-0.2, -0.15) is 0 Å². The van der Waals surface area contributed by atoms with E-state index in [0.29, 0.717) is 5.56 Å². The van der Waals surface area contributed by atoms with Crippen LogP contribution >= 0.6 is 23.4 Å². The number of halogens is 1.